The fourth-order valence-electron chi connectivity index (χ4n) is 3.71. The smallest absolute Gasteiger partial charge is 0.410 e. The Morgan fingerprint density at radius 2 is 1.87 bits per heavy atom. The van der Waals surface area contributed by atoms with Crippen LogP contribution in [0.25, 0.3) is 10.8 Å². The summed E-state index contributed by atoms with van der Waals surface area (Å²) in [6.45, 7) is 12.2. The first-order chi connectivity index (χ1) is 14.5. The highest BCUT2D eigenvalue weighted by atomic mass is 16.6. The van der Waals surface area contributed by atoms with Gasteiger partial charge >= 0.3 is 6.09 Å². The summed E-state index contributed by atoms with van der Waals surface area (Å²) in [5, 5.41) is 1.80. The van der Waals surface area contributed by atoms with Gasteiger partial charge < -0.3 is 19.1 Å². The van der Waals surface area contributed by atoms with Gasteiger partial charge in [-0.15, -0.1) is 0 Å². The molecule has 0 N–H and O–H groups in total. The van der Waals surface area contributed by atoms with Crippen LogP contribution < -0.4 is 9.47 Å². The van der Waals surface area contributed by atoms with Crippen LogP contribution in [0, 0.1) is 0 Å². The van der Waals surface area contributed by atoms with Crippen molar-refractivity contribution in [3.05, 3.63) is 35.9 Å². The van der Waals surface area contributed by atoms with E-state index in [4.69, 9.17) is 14.2 Å². The van der Waals surface area contributed by atoms with Crippen molar-refractivity contribution < 1.29 is 23.8 Å². The van der Waals surface area contributed by atoms with E-state index in [9.17, 15) is 9.59 Å². The number of carbonyl (C=O) groups is 2. The van der Waals surface area contributed by atoms with Crippen molar-refractivity contribution >= 4 is 22.6 Å². The van der Waals surface area contributed by atoms with E-state index >= 15 is 0 Å². The summed E-state index contributed by atoms with van der Waals surface area (Å²) in [6.07, 6.45) is 1.22. The first-order valence-corrected chi connectivity index (χ1v) is 10.9. The van der Waals surface area contributed by atoms with Gasteiger partial charge in [0.2, 0.25) is 0 Å². The number of ketones is 1. The number of likely N-dealkylation sites (tertiary alicyclic amines) is 1. The third-order valence-electron chi connectivity index (χ3n) is 5.01. The van der Waals surface area contributed by atoms with Crippen molar-refractivity contribution in [3.8, 4) is 11.5 Å². The van der Waals surface area contributed by atoms with Crippen LogP contribution in [0.2, 0.25) is 0 Å². The molecule has 0 unspecified atom stereocenters. The number of amides is 1. The molecule has 1 heterocycles. The zero-order chi connectivity index (χ0) is 22.8. The van der Waals surface area contributed by atoms with E-state index in [1.807, 2.05) is 65.0 Å². The molecule has 1 aliphatic heterocycles. The second-order valence-corrected chi connectivity index (χ2v) is 9.36. The molecule has 1 fully saturated rings. The van der Waals surface area contributed by atoms with E-state index < -0.39 is 5.60 Å². The Hall–Kier alpha value is -2.76. The molecule has 0 aromatic heterocycles. The third-order valence-corrected chi connectivity index (χ3v) is 5.01. The van der Waals surface area contributed by atoms with E-state index in [-0.39, 0.29) is 24.1 Å². The highest BCUT2D eigenvalue weighted by Crippen LogP contribution is 2.34. The zero-order valence-corrected chi connectivity index (χ0v) is 19.4. The molecule has 6 nitrogen and oxygen atoms in total. The lowest BCUT2D eigenvalue weighted by molar-refractivity contribution is 0.00793. The van der Waals surface area contributed by atoms with Crippen LogP contribution in [-0.2, 0) is 4.74 Å². The Morgan fingerprint density at radius 1 is 1.13 bits per heavy atom. The van der Waals surface area contributed by atoms with Gasteiger partial charge in [-0.25, -0.2) is 4.79 Å². The molecule has 1 amide bonds. The average Bonchev–Trinajstić information content (AvgIpc) is 2.66. The van der Waals surface area contributed by atoms with Gasteiger partial charge in [-0.1, -0.05) is 12.1 Å². The van der Waals surface area contributed by atoms with Crippen molar-refractivity contribution in [3.63, 3.8) is 0 Å². The minimum atomic E-state index is -0.526. The molecular formula is C25H33NO5. The predicted molar refractivity (Wildman–Crippen MR) is 121 cm³/mol. The summed E-state index contributed by atoms with van der Waals surface area (Å²) in [5.41, 5.74) is 0.0361. The van der Waals surface area contributed by atoms with E-state index in [1.165, 1.54) is 0 Å². The van der Waals surface area contributed by atoms with Crippen molar-refractivity contribution in [1.82, 2.24) is 4.90 Å². The topological polar surface area (TPSA) is 65.1 Å². The quantitative estimate of drug-likeness (QED) is 0.581. The first kappa shape index (κ1) is 22.9. The van der Waals surface area contributed by atoms with Gasteiger partial charge in [-0.3, -0.25) is 4.79 Å². The second kappa shape index (κ2) is 9.16. The molecule has 168 valence electrons. The fourth-order valence-corrected chi connectivity index (χ4v) is 3.71. The molecule has 2 aromatic carbocycles. The number of carbonyl (C=O) groups excluding carboxylic acids is 2. The Morgan fingerprint density at radius 3 is 2.52 bits per heavy atom. The van der Waals surface area contributed by atoms with E-state index in [0.717, 1.165) is 29.4 Å². The minimum absolute atomic E-state index is 0.0378. The highest BCUT2D eigenvalue weighted by Gasteiger charge is 2.29. The monoisotopic (exact) mass is 427 g/mol. The molecule has 0 aliphatic carbocycles. The third kappa shape index (κ3) is 5.90. The molecule has 0 bridgehead atoms. The summed E-state index contributed by atoms with van der Waals surface area (Å²) in [7, 11) is 0. The molecule has 1 atom stereocenters. The van der Waals surface area contributed by atoms with Gasteiger partial charge in [-0.05, 0) is 78.0 Å². The summed E-state index contributed by atoms with van der Waals surface area (Å²) >= 11 is 0. The number of rotatable bonds is 5. The van der Waals surface area contributed by atoms with Gasteiger partial charge in [0.25, 0.3) is 0 Å². The Balaban J connectivity index is 1.85. The number of benzene rings is 2. The highest BCUT2D eigenvalue weighted by molar-refractivity contribution is 6.02. The van der Waals surface area contributed by atoms with Crippen LogP contribution in [-0.4, -0.2) is 47.7 Å². The van der Waals surface area contributed by atoms with E-state index in [0.29, 0.717) is 24.4 Å². The molecule has 0 saturated carbocycles. The predicted octanol–water partition coefficient (Wildman–Crippen LogP) is 5.61. The normalized spacial score (nSPS) is 17.0. The van der Waals surface area contributed by atoms with Gasteiger partial charge in [0.15, 0.2) is 5.78 Å². The van der Waals surface area contributed by atoms with Crippen molar-refractivity contribution in [1.29, 1.82) is 0 Å². The van der Waals surface area contributed by atoms with Crippen molar-refractivity contribution in [2.75, 3.05) is 13.1 Å². The largest absolute Gasteiger partial charge is 0.490 e. The molecule has 1 aliphatic rings. The molecular weight excluding hydrogens is 394 g/mol. The number of hydrogen-bond donors (Lipinski definition) is 0. The lowest BCUT2D eigenvalue weighted by Crippen LogP contribution is -2.46. The summed E-state index contributed by atoms with van der Waals surface area (Å²) in [6, 6.07) is 9.54. The second-order valence-electron chi connectivity index (χ2n) is 9.36. The minimum Gasteiger partial charge on any atom is -0.490 e. The van der Waals surface area contributed by atoms with Crippen molar-refractivity contribution in [2.24, 2.45) is 0 Å². The number of Topliss-reactive ketones (excluding diaryl/α,β-unsaturated/α-hetero) is 1. The summed E-state index contributed by atoms with van der Waals surface area (Å²) in [5.74, 6) is 1.24. The SMILES string of the molecule is CC(=O)c1cc2cccc(O[C@@H]3CCCN(C(=O)OC(C)(C)C)C3)c2cc1OC(C)C. The summed E-state index contributed by atoms with van der Waals surface area (Å²) < 4.78 is 17.8. The van der Waals surface area contributed by atoms with Crippen LogP contribution in [0.4, 0.5) is 4.79 Å². The zero-order valence-electron chi connectivity index (χ0n) is 19.4. The fraction of sp³-hybridized carbons (Fsp3) is 0.520. The first-order valence-electron chi connectivity index (χ1n) is 10.9. The maximum absolute atomic E-state index is 12.5. The van der Waals surface area contributed by atoms with Gasteiger partial charge in [0, 0.05) is 11.9 Å². The Bertz CT molecular complexity index is 960. The maximum Gasteiger partial charge on any atom is 0.410 e. The number of hydrogen-bond acceptors (Lipinski definition) is 5. The molecule has 2 aromatic rings. The van der Waals surface area contributed by atoms with Crippen LogP contribution in [0.5, 0.6) is 11.5 Å². The average molecular weight is 428 g/mol. The molecule has 31 heavy (non-hydrogen) atoms. The lowest BCUT2D eigenvalue weighted by atomic mass is 10.0. The summed E-state index contributed by atoms with van der Waals surface area (Å²) in [4.78, 5) is 26.3. The van der Waals surface area contributed by atoms with Crippen LogP contribution in [0.3, 0.4) is 0 Å². The number of fused-ring (bicyclic) bond motifs is 1. The van der Waals surface area contributed by atoms with Crippen LogP contribution in [0.15, 0.2) is 30.3 Å². The van der Waals surface area contributed by atoms with E-state index in [2.05, 4.69) is 0 Å². The maximum atomic E-state index is 12.5. The van der Waals surface area contributed by atoms with Gasteiger partial charge in [-0.2, -0.15) is 0 Å². The standard InChI is InChI=1S/C25H33NO5/c1-16(2)29-23-14-21-18(13-20(23)17(3)27)9-7-11-22(21)30-19-10-8-12-26(15-19)24(28)31-25(4,5)6/h7,9,11,13-14,16,19H,8,10,12,15H2,1-6H3/t19-/m1/s1. The number of ether oxygens (including phenoxy) is 3. The van der Waals surface area contributed by atoms with Crippen molar-refractivity contribution in [2.45, 2.75) is 72.2 Å². The van der Waals surface area contributed by atoms with Crippen LogP contribution in [0.1, 0.15) is 64.7 Å². The number of piperidine rings is 1. The Kier molecular flexibility index (Phi) is 6.77. The molecule has 6 heteroatoms. The lowest BCUT2D eigenvalue weighted by Gasteiger charge is -2.34. The Labute approximate surface area is 184 Å². The molecule has 0 radical (unpaired) electrons. The van der Waals surface area contributed by atoms with E-state index in [1.54, 1.807) is 11.8 Å². The molecule has 3 rings (SSSR count). The van der Waals surface area contributed by atoms with Crippen LogP contribution >= 0.6 is 0 Å². The molecule has 1 saturated heterocycles. The van der Waals surface area contributed by atoms with Gasteiger partial charge in [0.1, 0.15) is 23.2 Å². The number of nitrogens with zero attached hydrogens (tertiary/aromatic N) is 1. The molecule has 0 spiro atoms. The van der Waals surface area contributed by atoms with Gasteiger partial charge in [0.05, 0.1) is 18.2 Å².